The molecule has 0 bridgehead atoms. The number of aryl methyl sites for hydroxylation is 1. The van der Waals surface area contributed by atoms with Crippen LogP contribution in [-0.2, 0) is 12.5 Å². The van der Waals surface area contributed by atoms with Crippen LogP contribution in [0.5, 0.6) is 5.75 Å². The summed E-state index contributed by atoms with van der Waals surface area (Å²) in [6.07, 6.45) is -0.642. The molecule has 0 saturated carbocycles. The Balaban J connectivity index is 1.36. The van der Waals surface area contributed by atoms with Gasteiger partial charge in [0.2, 0.25) is 0 Å². The fraction of sp³-hybridized carbons (Fsp3) is 0.167. The highest BCUT2D eigenvalue weighted by atomic mass is 19.3. The fourth-order valence-corrected chi connectivity index (χ4v) is 5.09. The zero-order chi connectivity index (χ0) is 33.2. The summed E-state index contributed by atoms with van der Waals surface area (Å²) in [5.74, 6) is -10.9. The van der Waals surface area contributed by atoms with Gasteiger partial charge in [0.25, 0.3) is 0 Å². The van der Waals surface area contributed by atoms with Crippen molar-refractivity contribution in [3.8, 4) is 39.1 Å². The maximum atomic E-state index is 15.2. The summed E-state index contributed by atoms with van der Waals surface area (Å²) < 4.78 is 134. The van der Waals surface area contributed by atoms with Crippen LogP contribution in [0.1, 0.15) is 37.3 Å². The predicted octanol–water partition coefficient (Wildman–Crippen LogP) is 11.5. The minimum Gasteiger partial charge on any atom is -0.429 e. The topological polar surface area (TPSA) is 9.23 Å². The molecule has 0 amide bonds. The summed E-state index contributed by atoms with van der Waals surface area (Å²) in [7, 11) is 0. The molecule has 0 N–H and O–H groups in total. The van der Waals surface area contributed by atoms with Gasteiger partial charge in [-0.15, -0.1) is 0 Å². The third-order valence-corrected chi connectivity index (χ3v) is 7.45. The van der Waals surface area contributed by atoms with Gasteiger partial charge in [0.05, 0.1) is 11.1 Å². The molecule has 1 nitrogen and oxygen atoms in total. The summed E-state index contributed by atoms with van der Waals surface area (Å²) in [5, 5.41) is 0. The number of benzene rings is 5. The van der Waals surface area contributed by atoms with E-state index in [1.54, 1.807) is 30.3 Å². The highest BCUT2D eigenvalue weighted by Gasteiger charge is 2.38. The van der Waals surface area contributed by atoms with Gasteiger partial charge in [-0.25, -0.2) is 30.7 Å². The first kappa shape index (κ1) is 32.7. The average Bonchev–Trinajstić information content (AvgIpc) is 2.99. The van der Waals surface area contributed by atoms with Crippen molar-refractivity contribution < 1.29 is 44.3 Å². The van der Waals surface area contributed by atoms with E-state index < -0.39 is 63.5 Å². The second-order valence-corrected chi connectivity index (χ2v) is 10.7. The Bertz CT molecular complexity index is 1840. The second-order valence-electron chi connectivity index (χ2n) is 10.7. The molecule has 5 rings (SSSR count). The van der Waals surface area contributed by atoms with Gasteiger partial charge in [0.1, 0.15) is 29.0 Å². The summed E-state index contributed by atoms with van der Waals surface area (Å²) in [4.78, 5) is 0. The maximum absolute atomic E-state index is 15.2. The van der Waals surface area contributed by atoms with Gasteiger partial charge < -0.3 is 4.74 Å². The van der Waals surface area contributed by atoms with Crippen molar-refractivity contribution in [1.82, 2.24) is 0 Å². The van der Waals surface area contributed by atoms with Crippen molar-refractivity contribution >= 4 is 0 Å². The number of ether oxygens (including phenoxy) is 1. The molecule has 5 aromatic carbocycles. The molecule has 0 unspecified atom stereocenters. The molecule has 0 aliphatic heterocycles. The van der Waals surface area contributed by atoms with Gasteiger partial charge in [-0.05, 0) is 71.0 Å². The number of unbranched alkanes of at least 4 members (excludes halogenated alkanes) is 2. The average molecular weight is 645 g/mol. The Kier molecular flexibility index (Phi) is 9.46. The number of hydrogen-bond acceptors (Lipinski definition) is 1. The Labute approximate surface area is 258 Å². The van der Waals surface area contributed by atoms with E-state index in [0.29, 0.717) is 28.8 Å². The van der Waals surface area contributed by atoms with Crippen molar-refractivity contribution in [3.63, 3.8) is 0 Å². The third kappa shape index (κ3) is 6.90. The van der Waals surface area contributed by atoms with Crippen LogP contribution >= 0.6 is 0 Å². The van der Waals surface area contributed by atoms with Gasteiger partial charge in [-0.3, -0.25) is 0 Å². The zero-order valence-electron chi connectivity index (χ0n) is 24.2. The standard InChI is InChI=1S/C36H25F9O/c1-2-3-4-5-20-6-12-26(28(37)14-20)22-9-7-21(8-10-22)24-16-30(39)34(31(40)17-24)23-11-13-27(29(38)15-23)36(44,45)46-25-18-32(41)35(43)33(42)19-25/h6-19H,2-5H2,1H3. The molecule has 5 aromatic rings. The molecule has 46 heavy (non-hydrogen) atoms. The molecular formula is C36H25F9O. The molecule has 0 fully saturated rings. The lowest BCUT2D eigenvalue weighted by Crippen LogP contribution is -2.23. The van der Waals surface area contributed by atoms with Crippen LogP contribution in [0.25, 0.3) is 33.4 Å². The molecule has 0 saturated heterocycles. The van der Waals surface area contributed by atoms with Gasteiger partial charge in [-0.1, -0.05) is 62.2 Å². The van der Waals surface area contributed by atoms with Gasteiger partial charge in [0, 0.05) is 17.7 Å². The van der Waals surface area contributed by atoms with Crippen molar-refractivity contribution in [1.29, 1.82) is 0 Å². The van der Waals surface area contributed by atoms with Crippen molar-refractivity contribution in [3.05, 3.63) is 137 Å². The normalized spacial score (nSPS) is 11.6. The SMILES string of the molecule is CCCCCc1ccc(-c2ccc(-c3cc(F)c(-c4ccc(C(F)(F)Oc5cc(F)c(F)c(F)c5)c(F)c4)c(F)c3)cc2)c(F)c1. The van der Waals surface area contributed by atoms with E-state index in [1.807, 2.05) is 6.07 Å². The Morgan fingerprint density at radius 3 is 1.72 bits per heavy atom. The van der Waals surface area contributed by atoms with Crippen LogP contribution in [0.2, 0.25) is 0 Å². The summed E-state index contributed by atoms with van der Waals surface area (Å²) in [6.45, 7) is 2.09. The monoisotopic (exact) mass is 644 g/mol. The van der Waals surface area contributed by atoms with Crippen LogP contribution < -0.4 is 4.74 Å². The Hall–Kier alpha value is -4.73. The van der Waals surface area contributed by atoms with Crippen LogP contribution in [0.15, 0.2) is 84.9 Å². The van der Waals surface area contributed by atoms with Crippen molar-refractivity contribution in [2.24, 2.45) is 0 Å². The maximum Gasteiger partial charge on any atom is 0.429 e. The first-order valence-corrected chi connectivity index (χ1v) is 14.3. The number of halogens is 9. The van der Waals surface area contributed by atoms with E-state index in [1.165, 1.54) is 6.07 Å². The Morgan fingerprint density at radius 2 is 1.13 bits per heavy atom. The molecule has 238 valence electrons. The van der Waals surface area contributed by atoms with Crippen LogP contribution in [0.3, 0.4) is 0 Å². The van der Waals surface area contributed by atoms with Crippen molar-refractivity contribution in [2.45, 2.75) is 38.7 Å². The molecule has 0 aliphatic carbocycles. The number of hydrogen-bond donors (Lipinski definition) is 0. The molecule has 0 aliphatic rings. The van der Waals surface area contributed by atoms with E-state index in [4.69, 9.17) is 0 Å². The van der Waals surface area contributed by atoms with Crippen LogP contribution in [0, 0.1) is 40.7 Å². The lowest BCUT2D eigenvalue weighted by molar-refractivity contribution is -0.187. The lowest BCUT2D eigenvalue weighted by atomic mass is 9.96. The van der Waals surface area contributed by atoms with Gasteiger partial charge in [0.15, 0.2) is 17.5 Å². The molecule has 0 radical (unpaired) electrons. The van der Waals surface area contributed by atoms with E-state index in [0.717, 1.165) is 49.4 Å². The first-order valence-electron chi connectivity index (χ1n) is 14.3. The zero-order valence-corrected chi connectivity index (χ0v) is 24.2. The second kappa shape index (κ2) is 13.3. The minimum absolute atomic E-state index is 0.118. The van der Waals surface area contributed by atoms with Crippen LogP contribution in [0.4, 0.5) is 39.5 Å². The molecular weight excluding hydrogens is 619 g/mol. The molecule has 0 aromatic heterocycles. The molecule has 0 spiro atoms. The summed E-state index contributed by atoms with van der Waals surface area (Å²) in [5.41, 5.74) is -0.166. The van der Waals surface area contributed by atoms with Gasteiger partial charge >= 0.3 is 6.11 Å². The smallest absolute Gasteiger partial charge is 0.429 e. The van der Waals surface area contributed by atoms with Gasteiger partial charge in [-0.2, -0.15) is 8.78 Å². The Morgan fingerprint density at radius 1 is 0.543 bits per heavy atom. The fourth-order valence-electron chi connectivity index (χ4n) is 5.09. The molecule has 0 atom stereocenters. The largest absolute Gasteiger partial charge is 0.429 e. The lowest BCUT2D eigenvalue weighted by Gasteiger charge is -2.19. The number of alkyl halides is 2. The number of rotatable bonds is 10. The first-order chi connectivity index (χ1) is 21.9. The molecule has 0 heterocycles. The summed E-state index contributed by atoms with van der Waals surface area (Å²) in [6, 6.07) is 15.5. The van der Waals surface area contributed by atoms with E-state index in [-0.39, 0.29) is 23.5 Å². The quantitative estimate of drug-likeness (QED) is 0.0835. The minimum atomic E-state index is -4.49. The van der Waals surface area contributed by atoms with Crippen molar-refractivity contribution in [2.75, 3.05) is 0 Å². The highest BCUT2D eigenvalue weighted by molar-refractivity contribution is 5.74. The van der Waals surface area contributed by atoms with E-state index in [9.17, 15) is 30.7 Å². The highest BCUT2D eigenvalue weighted by Crippen LogP contribution is 2.38. The third-order valence-electron chi connectivity index (χ3n) is 7.45. The van der Waals surface area contributed by atoms with Crippen LogP contribution in [-0.4, -0.2) is 0 Å². The molecule has 10 heteroatoms. The van der Waals surface area contributed by atoms with E-state index >= 15 is 8.78 Å². The summed E-state index contributed by atoms with van der Waals surface area (Å²) >= 11 is 0. The van der Waals surface area contributed by atoms with E-state index in [2.05, 4.69) is 11.7 Å². The predicted molar refractivity (Wildman–Crippen MR) is 157 cm³/mol.